The van der Waals surface area contributed by atoms with E-state index in [4.69, 9.17) is 0 Å². The van der Waals surface area contributed by atoms with Crippen molar-refractivity contribution in [2.24, 2.45) is 0 Å². The number of carbonyl (C=O) groups is 1. The van der Waals surface area contributed by atoms with E-state index in [1.54, 1.807) is 0 Å². The lowest BCUT2D eigenvalue weighted by Crippen LogP contribution is -2.32. The van der Waals surface area contributed by atoms with Crippen LogP contribution in [0.3, 0.4) is 0 Å². The van der Waals surface area contributed by atoms with Crippen LogP contribution in [0.4, 0.5) is 13.2 Å². The molecule has 0 saturated heterocycles. The van der Waals surface area contributed by atoms with E-state index < -0.39 is 11.7 Å². The SMILES string of the molecule is CCCNCCNC(=O)c1cnn(-c2ccc(C(F)(F)F)cn2)c1C(C)C. The summed E-state index contributed by atoms with van der Waals surface area (Å²) in [7, 11) is 0. The third-order valence-corrected chi connectivity index (χ3v) is 3.90. The Morgan fingerprint density at radius 1 is 1.19 bits per heavy atom. The van der Waals surface area contributed by atoms with Gasteiger partial charge in [-0.15, -0.1) is 0 Å². The first kappa shape index (κ1) is 20.9. The maximum Gasteiger partial charge on any atom is 0.417 e. The van der Waals surface area contributed by atoms with Crippen LogP contribution in [0.2, 0.25) is 0 Å². The molecule has 0 aromatic carbocycles. The molecule has 0 bridgehead atoms. The summed E-state index contributed by atoms with van der Waals surface area (Å²) in [4.78, 5) is 16.3. The topological polar surface area (TPSA) is 71.8 Å². The molecule has 0 aliphatic heterocycles. The minimum Gasteiger partial charge on any atom is -0.351 e. The number of rotatable bonds is 8. The molecule has 0 radical (unpaired) electrons. The molecular weight excluding hydrogens is 359 g/mol. The minimum absolute atomic E-state index is 0.0736. The monoisotopic (exact) mass is 383 g/mol. The van der Waals surface area contributed by atoms with Crippen molar-refractivity contribution >= 4 is 5.91 Å². The Bertz CT molecular complexity index is 753. The molecule has 6 nitrogen and oxygen atoms in total. The van der Waals surface area contributed by atoms with Crippen molar-refractivity contribution in [3.8, 4) is 5.82 Å². The Hall–Kier alpha value is -2.42. The average Bonchev–Trinajstić information content (AvgIpc) is 3.06. The number of carbonyl (C=O) groups excluding carboxylic acids is 1. The molecule has 9 heteroatoms. The number of halogens is 3. The van der Waals surface area contributed by atoms with Gasteiger partial charge in [0.15, 0.2) is 5.82 Å². The second-order valence-corrected chi connectivity index (χ2v) is 6.42. The van der Waals surface area contributed by atoms with Crippen LogP contribution in [-0.4, -0.2) is 40.3 Å². The van der Waals surface area contributed by atoms with E-state index in [9.17, 15) is 18.0 Å². The summed E-state index contributed by atoms with van der Waals surface area (Å²) in [6.07, 6.45) is -1.25. The fraction of sp³-hybridized carbons (Fsp3) is 0.500. The Balaban J connectivity index is 2.20. The molecule has 2 N–H and O–H groups in total. The van der Waals surface area contributed by atoms with Gasteiger partial charge in [-0.05, 0) is 31.0 Å². The molecule has 1 amide bonds. The molecule has 27 heavy (non-hydrogen) atoms. The van der Waals surface area contributed by atoms with Gasteiger partial charge in [0, 0.05) is 19.3 Å². The first-order valence-corrected chi connectivity index (χ1v) is 8.86. The molecular formula is C18H24F3N5O. The number of hydrogen-bond acceptors (Lipinski definition) is 4. The van der Waals surface area contributed by atoms with E-state index >= 15 is 0 Å². The van der Waals surface area contributed by atoms with Crippen LogP contribution in [0.15, 0.2) is 24.5 Å². The largest absolute Gasteiger partial charge is 0.417 e. The number of pyridine rings is 1. The van der Waals surface area contributed by atoms with Gasteiger partial charge >= 0.3 is 6.18 Å². The van der Waals surface area contributed by atoms with Crippen molar-refractivity contribution in [3.63, 3.8) is 0 Å². The molecule has 2 rings (SSSR count). The minimum atomic E-state index is -4.45. The van der Waals surface area contributed by atoms with E-state index in [1.165, 1.54) is 16.9 Å². The van der Waals surface area contributed by atoms with Crippen molar-refractivity contribution in [1.82, 2.24) is 25.4 Å². The second-order valence-electron chi connectivity index (χ2n) is 6.42. The summed E-state index contributed by atoms with van der Waals surface area (Å²) in [5.74, 6) is -0.110. The lowest BCUT2D eigenvalue weighted by molar-refractivity contribution is -0.137. The predicted molar refractivity (Wildman–Crippen MR) is 95.9 cm³/mol. The number of hydrogen-bond donors (Lipinski definition) is 2. The summed E-state index contributed by atoms with van der Waals surface area (Å²) >= 11 is 0. The fourth-order valence-corrected chi connectivity index (χ4v) is 2.61. The van der Waals surface area contributed by atoms with Crippen molar-refractivity contribution < 1.29 is 18.0 Å². The molecule has 0 atom stereocenters. The smallest absolute Gasteiger partial charge is 0.351 e. The Kier molecular flexibility index (Phi) is 6.95. The van der Waals surface area contributed by atoms with E-state index in [0.29, 0.717) is 24.3 Å². The number of alkyl halides is 3. The maximum atomic E-state index is 12.7. The molecule has 148 valence electrons. The Morgan fingerprint density at radius 2 is 1.93 bits per heavy atom. The van der Waals surface area contributed by atoms with Crippen molar-refractivity contribution in [2.75, 3.05) is 19.6 Å². The van der Waals surface area contributed by atoms with Crippen LogP contribution in [0.1, 0.15) is 54.7 Å². The van der Waals surface area contributed by atoms with Gasteiger partial charge in [-0.3, -0.25) is 4.79 Å². The lowest BCUT2D eigenvalue weighted by atomic mass is 10.1. The summed E-state index contributed by atoms with van der Waals surface area (Å²) in [6, 6.07) is 2.20. The molecule has 0 fully saturated rings. The summed E-state index contributed by atoms with van der Waals surface area (Å²) in [5.41, 5.74) is 0.158. The summed E-state index contributed by atoms with van der Waals surface area (Å²) < 4.78 is 39.6. The molecule has 0 spiro atoms. The van der Waals surface area contributed by atoms with Crippen LogP contribution < -0.4 is 10.6 Å². The van der Waals surface area contributed by atoms with Crippen LogP contribution in [0.5, 0.6) is 0 Å². The first-order chi connectivity index (χ1) is 12.8. The fourth-order valence-electron chi connectivity index (χ4n) is 2.61. The molecule has 2 heterocycles. The van der Waals surface area contributed by atoms with Crippen molar-refractivity contribution in [3.05, 3.63) is 41.3 Å². The van der Waals surface area contributed by atoms with Crippen LogP contribution >= 0.6 is 0 Å². The predicted octanol–water partition coefficient (Wildman–Crippen LogP) is 3.14. The van der Waals surface area contributed by atoms with Crippen molar-refractivity contribution in [2.45, 2.75) is 39.3 Å². The normalized spacial score (nSPS) is 11.8. The van der Waals surface area contributed by atoms with Gasteiger partial charge in [-0.25, -0.2) is 9.67 Å². The third kappa shape index (κ3) is 5.29. The highest BCUT2D eigenvalue weighted by Gasteiger charge is 2.31. The molecule has 0 aliphatic rings. The highest BCUT2D eigenvalue weighted by molar-refractivity contribution is 5.95. The lowest BCUT2D eigenvalue weighted by Gasteiger charge is -2.13. The van der Waals surface area contributed by atoms with Crippen LogP contribution in [0.25, 0.3) is 5.82 Å². The zero-order chi connectivity index (χ0) is 20.0. The van der Waals surface area contributed by atoms with Gasteiger partial charge < -0.3 is 10.6 Å². The molecule has 2 aromatic rings. The first-order valence-electron chi connectivity index (χ1n) is 8.86. The van der Waals surface area contributed by atoms with Gasteiger partial charge in [-0.2, -0.15) is 18.3 Å². The number of nitrogens with zero attached hydrogens (tertiary/aromatic N) is 3. The van der Waals surface area contributed by atoms with Crippen LogP contribution in [0, 0.1) is 0 Å². The number of amides is 1. The van der Waals surface area contributed by atoms with Gasteiger partial charge in [0.25, 0.3) is 5.91 Å². The molecule has 0 unspecified atom stereocenters. The number of nitrogens with one attached hydrogen (secondary N) is 2. The number of aromatic nitrogens is 3. The summed E-state index contributed by atoms with van der Waals surface area (Å²) in [6.45, 7) is 7.84. The van der Waals surface area contributed by atoms with Gasteiger partial charge in [0.2, 0.25) is 0 Å². The van der Waals surface area contributed by atoms with E-state index in [2.05, 4.69) is 27.6 Å². The van der Waals surface area contributed by atoms with Crippen LogP contribution in [-0.2, 0) is 6.18 Å². The van der Waals surface area contributed by atoms with Gasteiger partial charge in [0.05, 0.1) is 23.0 Å². The van der Waals surface area contributed by atoms with Crippen molar-refractivity contribution in [1.29, 1.82) is 0 Å². The Morgan fingerprint density at radius 3 is 2.48 bits per heavy atom. The summed E-state index contributed by atoms with van der Waals surface area (Å²) in [5, 5.41) is 10.2. The maximum absolute atomic E-state index is 12.7. The highest BCUT2D eigenvalue weighted by atomic mass is 19.4. The molecule has 2 aromatic heterocycles. The average molecular weight is 383 g/mol. The standard InChI is InChI=1S/C18H24F3N5O/c1-4-7-22-8-9-23-17(27)14-11-25-26(16(14)12(2)3)15-6-5-13(10-24-15)18(19,20)21/h5-6,10-12,22H,4,7-9H2,1-3H3,(H,23,27). The van der Waals surface area contributed by atoms with E-state index in [1.807, 2.05) is 13.8 Å². The van der Waals surface area contributed by atoms with E-state index in [0.717, 1.165) is 25.2 Å². The zero-order valence-corrected chi connectivity index (χ0v) is 15.6. The van der Waals surface area contributed by atoms with Gasteiger partial charge in [0.1, 0.15) is 0 Å². The van der Waals surface area contributed by atoms with Gasteiger partial charge in [-0.1, -0.05) is 20.8 Å². The molecule has 0 aliphatic carbocycles. The molecule has 0 saturated carbocycles. The quantitative estimate of drug-likeness (QED) is 0.687. The Labute approximate surface area is 156 Å². The van der Waals surface area contributed by atoms with E-state index in [-0.39, 0.29) is 17.6 Å². The second kappa shape index (κ2) is 8.98. The highest BCUT2D eigenvalue weighted by Crippen LogP contribution is 2.29. The zero-order valence-electron chi connectivity index (χ0n) is 15.6. The third-order valence-electron chi connectivity index (χ3n) is 3.90.